The third kappa shape index (κ3) is 3.61. The number of furan rings is 1. The maximum absolute atomic E-state index is 12.3. The number of nitrogens with zero attached hydrogens (tertiary/aromatic N) is 1. The zero-order valence-electron chi connectivity index (χ0n) is 14.8. The molecule has 2 fully saturated rings. The number of hydrogen-bond acceptors (Lipinski definition) is 7. The van der Waals surface area contributed by atoms with Gasteiger partial charge in [-0.3, -0.25) is 10.1 Å². The summed E-state index contributed by atoms with van der Waals surface area (Å²) in [4.78, 5) is 34.9. The number of nitro benzene ring substituents is 1. The van der Waals surface area contributed by atoms with Gasteiger partial charge in [0.05, 0.1) is 9.95 Å². The van der Waals surface area contributed by atoms with Crippen molar-refractivity contribution in [2.24, 2.45) is 0 Å². The Morgan fingerprint density at radius 3 is 2.31 bits per heavy atom. The number of rotatable bonds is 3. The van der Waals surface area contributed by atoms with E-state index in [2.05, 4.69) is 0 Å². The highest BCUT2D eigenvalue weighted by Crippen LogP contribution is 2.40. The normalized spacial score (nSPS) is 17.9. The van der Waals surface area contributed by atoms with E-state index in [4.69, 9.17) is 37.1 Å². The molecule has 1 spiro atoms. The molecule has 0 atom stereocenters. The Morgan fingerprint density at radius 2 is 1.69 bits per heavy atom. The fourth-order valence-electron chi connectivity index (χ4n) is 3.37. The van der Waals surface area contributed by atoms with Gasteiger partial charge in [0.2, 0.25) is 0 Å². The van der Waals surface area contributed by atoms with Crippen LogP contribution in [0, 0.1) is 10.1 Å². The third-order valence-corrected chi connectivity index (χ3v) is 5.39. The fraction of sp³-hybridized carbons (Fsp3) is 0.263. The molecule has 1 aliphatic carbocycles. The summed E-state index contributed by atoms with van der Waals surface area (Å²) in [6.07, 6.45) is 3.83. The van der Waals surface area contributed by atoms with E-state index in [0.717, 1.165) is 18.9 Å². The summed E-state index contributed by atoms with van der Waals surface area (Å²) < 4.78 is 16.3. The smallest absolute Gasteiger partial charge is 0.349 e. The minimum absolute atomic E-state index is 0.0642. The molecule has 10 heteroatoms. The van der Waals surface area contributed by atoms with Crippen LogP contribution in [0.25, 0.3) is 17.4 Å². The zero-order valence-corrected chi connectivity index (χ0v) is 16.3. The van der Waals surface area contributed by atoms with Gasteiger partial charge in [-0.05, 0) is 31.0 Å². The number of esters is 2. The van der Waals surface area contributed by atoms with Gasteiger partial charge in [0.15, 0.2) is 0 Å². The van der Waals surface area contributed by atoms with E-state index >= 15 is 0 Å². The molecule has 1 aromatic carbocycles. The van der Waals surface area contributed by atoms with E-state index in [-0.39, 0.29) is 32.8 Å². The lowest BCUT2D eigenvalue weighted by molar-refractivity contribution is -0.384. The van der Waals surface area contributed by atoms with Crippen molar-refractivity contribution in [2.45, 2.75) is 31.5 Å². The summed E-state index contributed by atoms with van der Waals surface area (Å²) >= 11 is 12.0. The standard InChI is InChI=1S/C19H13Cl2NO7/c20-13-9-15(22(25)26)14(21)8-11(13)16-4-3-10(27-16)7-12-17(23)28-19(29-18(12)24)5-1-2-6-19/h3-4,7-9H,1-2,5-6H2. The van der Waals surface area contributed by atoms with Gasteiger partial charge in [-0.15, -0.1) is 0 Å². The molecule has 0 bridgehead atoms. The lowest BCUT2D eigenvalue weighted by atomic mass is 10.1. The van der Waals surface area contributed by atoms with Crippen molar-refractivity contribution in [1.82, 2.24) is 0 Å². The van der Waals surface area contributed by atoms with Crippen molar-refractivity contribution in [2.75, 3.05) is 0 Å². The van der Waals surface area contributed by atoms with Gasteiger partial charge in [-0.25, -0.2) is 9.59 Å². The molecule has 1 saturated heterocycles. The van der Waals surface area contributed by atoms with Crippen LogP contribution in [0.4, 0.5) is 5.69 Å². The molecule has 1 saturated carbocycles. The Morgan fingerprint density at radius 1 is 1.03 bits per heavy atom. The number of ether oxygens (including phenoxy) is 2. The van der Waals surface area contributed by atoms with E-state index < -0.39 is 22.6 Å². The molecule has 0 unspecified atom stereocenters. The average Bonchev–Trinajstić information content (AvgIpc) is 3.29. The highest BCUT2D eigenvalue weighted by atomic mass is 35.5. The Kier molecular flexibility index (Phi) is 4.84. The Hall–Kier alpha value is -2.84. The minimum atomic E-state index is -1.15. The van der Waals surface area contributed by atoms with Crippen LogP contribution in [0.2, 0.25) is 10.0 Å². The summed E-state index contributed by atoms with van der Waals surface area (Å²) in [5, 5.41) is 10.9. The van der Waals surface area contributed by atoms with E-state index in [9.17, 15) is 19.7 Å². The quantitative estimate of drug-likeness (QED) is 0.220. The second-order valence-electron chi connectivity index (χ2n) is 6.70. The highest BCUT2D eigenvalue weighted by molar-refractivity contribution is 6.36. The predicted molar refractivity (Wildman–Crippen MR) is 102 cm³/mol. The molecule has 2 heterocycles. The van der Waals surface area contributed by atoms with Crippen LogP contribution in [-0.2, 0) is 19.1 Å². The van der Waals surface area contributed by atoms with Crippen molar-refractivity contribution in [3.05, 3.63) is 55.8 Å². The zero-order chi connectivity index (χ0) is 20.8. The third-order valence-electron chi connectivity index (χ3n) is 4.77. The van der Waals surface area contributed by atoms with E-state index in [0.29, 0.717) is 18.4 Å². The lowest BCUT2D eigenvalue weighted by Crippen LogP contribution is -2.44. The van der Waals surface area contributed by atoms with Crippen LogP contribution in [-0.4, -0.2) is 22.6 Å². The summed E-state index contributed by atoms with van der Waals surface area (Å²) in [5.74, 6) is -2.25. The minimum Gasteiger partial charge on any atom is -0.457 e. The van der Waals surface area contributed by atoms with Gasteiger partial charge in [0.1, 0.15) is 22.1 Å². The molecule has 1 aromatic heterocycles. The molecule has 2 aromatic rings. The molecule has 150 valence electrons. The van der Waals surface area contributed by atoms with E-state index in [1.807, 2.05) is 0 Å². The van der Waals surface area contributed by atoms with Gasteiger partial charge >= 0.3 is 11.9 Å². The second kappa shape index (κ2) is 7.20. The van der Waals surface area contributed by atoms with E-state index in [1.165, 1.54) is 24.3 Å². The van der Waals surface area contributed by atoms with Crippen LogP contribution in [0.3, 0.4) is 0 Å². The molecule has 0 amide bonds. The van der Waals surface area contributed by atoms with Gasteiger partial charge in [-0.2, -0.15) is 0 Å². The maximum atomic E-state index is 12.3. The first-order valence-electron chi connectivity index (χ1n) is 8.70. The molecule has 1 aliphatic heterocycles. The van der Waals surface area contributed by atoms with Crippen molar-refractivity contribution >= 4 is 46.9 Å². The summed E-state index contributed by atoms with van der Waals surface area (Å²) in [6, 6.07) is 5.48. The molecular weight excluding hydrogens is 425 g/mol. The van der Waals surface area contributed by atoms with Crippen LogP contribution >= 0.6 is 23.2 Å². The number of hydrogen-bond donors (Lipinski definition) is 0. The molecular formula is C19H13Cl2NO7. The number of benzene rings is 1. The SMILES string of the molecule is O=C1OC2(CCCC2)OC(=O)C1=Cc1ccc(-c2cc(Cl)c([N+](=O)[O-])cc2Cl)o1. The van der Waals surface area contributed by atoms with Crippen molar-refractivity contribution in [3.63, 3.8) is 0 Å². The van der Waals surface area contributed by atoms with Crippen molar-refractivity contribution in [3.8, 4) is 11.3 Å². The summed E-state index contributed by atoms with van der Waals surface area (Å²) in [6.45, 7) is 0. The van der Waals surface area contributed by atoms with Gasteiger partial charge < -0.3 is 13.9 Å². The van der Waals surface area contributed by atoms with Crippen LogP contribution in [0.15, 0.2) is 34.3 Å². The van der Waals surface area contributed by atoms with Crippen LogP contribution in [0.5, 0.6) is 0 Å². The monoisotopic (exact) mass is 437 g/mol. The summed E-state index contributed by atoms with van der Waals surface area (Å²) in [5.41, 5.74) is -0.287. The highest BCUT2D eigenvalue weighted by Gasteiger charge is 2.48. The maximum Gasteiger partial charge on any atom is 0.349 e. The Balaban J connectivity index is 1.62. The Labute approximate surface area is 174 Å². The summed E-state index contributed by atoms with van der Waals surface area (Å²) in [7, 11) is 0. The van der Waals surface area contributed by atoms with E-state index in [1.54, 1.807) is 0 Å². The predicted octanol–water partition coefficient (Wildman–Crippen LogP) is 4.92. The van der Waals surface area contributed by atoms with Crippen molar-refractivity contribution < 1.29 is 28.4 Å². The number of carbonyl (C=O) groups is 2. The first-order valence-corrected chi connectivity index (χ1v) is 9.46. The van der Waals surface area contributed by atoms with Gasteiger partial charge in [0.25, 0.3) is 11.5 Å². The lowest BCUT2D eigenvalue weighted by Gasteiger charge is -2.32. The molecule has 4 rings (SSSR count). The molecule has 2 aliphatic rings. The number of halogens is 2. The molecule has 0 N–H and O–H groups in total. The molecule has 8 nitrogen and oxygen atoms in total. The topological polar surface area (TPSA) is 109 Å². The van der Waals surface area contributed by atoms with Gasteiger partial charge in [-0.1, -0.05) is 23.2 Å². The van der Waals surface area contributed by atoms with Crippen LogP contribution in [0.1, 0.15) is 31.4 Å². The molecule has 29 heavy (non-hydrogen) atoms. The molecule has 0 radical (unpaired) electrons. The first-order chi connectivity index (χ1) is 13.8. The first kappa shape index (κ1) is 19.5. The van der Waals surface area contributed by atoms with Crippen molar-refractivity contribution in [1.29, 1.82) is 0 Å². The fourth-order valence-corrected chi connectivity index (χ4v) is 3.85. The number of nitro groups is 1. The second-order valence-corrected chi connectivity index (χ2v) is 7.51. The Bertz CT molecular complexity index is 1040. The number of carbonyl (C=O) groups excluding carboxylic acids is 2. The van der Waals surface area contributed by atoms with Crippen LogP contribution < -0.4 is 0 Å². The largest absolute Gasteiger partial charge is 0.457 e. The van der Waals surface area contributed by atoms with Gasteiger partial charge in [0, 0.05) is 30.5 Å². The average molecular weight is 438 g/mol.